The highest BCUT2D eigenvalue weighted by atomic mass is 16.3. The predicted molar refractivity (Wildman–Crippen MR) is 222 cm³/mol. The fourth-order valence-electron chi connectivity index (χ4n) is 7.81. The van der Waals surface area contributed by atoms with Crippen LogP contribution in [0.15, 0.2) is 102 Å². The van der Waals surface area contributed by atoms with Crippen LogP contribution in [0.4, 0.5) is 17.1 Å². The lowest BCUT2D eigenvalue weighted by Gasteiger charge is -2.31. The van der Waals surface area contributed by atoms with Crippen molar-refractivity contribution in [3.05, 3.63) is 130 Å². The SMILES string of the molecule is CCCCC(CC)CN(c1ccc(C2=C(O)C(=C3C=CC(=[N+](CC(CC)CCCC)c4ccc(C)cc4C)C=C3)C2=O)cc1)c1ccc(C)cc1C. The van der Waals surface area contributed by atoms with Gasteiger partial charge in [-0.2, -0.15) is 4.58 Å². The number of anilines is 2. The van der Waals surface area contributed by atoms with E-state index in [1.165, 1.54) is 72.2 Å². The summed E-state index contributed by atoms with van der Waals surface area (Å²) in [6, 6.07) is 21.5. The third-order valence-electron chi connectivity index (χ3n) is 11.1. The molecule has 4 heteroatoms. The lowest BCUT2D eigenvalue weighted by molar-refractivity contribution is -0.449. The zero-order valence-electron chi connectivity index (χ0n) is 33.1. The molecule has 52 heavy (non-hydrogen) atoms. The number of hydrogen-bond donors (Lipinski definition) is 1. The molecule has 0 radical (unpaired) electrons. The van der Waals surface area contributed by atoms with E-state index in [1.54, 1.807) is 0 Å². The number of allylic oxidation sites excluding steroid dienone is 7. The van der Waals surface area contributed by atoms with Crippen molar-refractivity contribution in [2.45, 2.75) is 107 Å². The van der Waals surface area contributed by atoms with Gasteiger partial charge in [0.25, 0.3) is 0 Å². The summed E-state index contributed by atoms with van der Waals surface area (Å²) in [4.78, 5) is 16.1. The Kier molecular flexibility index (Phi) is 13.3. The Balaban J connectivity index is 1.44. The van der Waals surface area contributed by atoms with Crippen LogP contribution < -0.4 is 4.90 Å². The summed E-state index contributed by atoms with van der Waals surface area (Å²) >= 11 is 0. The van der Waals surface area contributed by atoms with Crippen molar-refractivity contribution in [2.24, 2.45) is 11.8 Å². The number of carbonyl (C=O) groups excluding carboxylic acids is 1. The van der Waals surface area contributed by atoms with E-state index in [0.717, 1.165) is 48.5 Å². The largest absolute Gasteiger partial charge is 0.506 e. The highest BCUT2D eigenvalue weighted by molar-refractivity contribution is 6.39. The van der Waals surface area contributed by atoms with Crippen LogP contribution in [0, 0.1) is 39.5 Å². The number of rotatable bonds is 16. The minimum absolute atomic E-state index is 0.0826. The molecule has 0 spiro atoms. The molecule has 0 bridgehead atoms. The highest BCUT2D eigenvalue weighted by Gasteiger charge is 2.37. The maximum atomic E-state index is 13.7. The van der Waals surface area contributed by atoms with Gasteiger partial charge in [-0.05, 0) is 106 Å². The number of benzene rings is 3. The highest BCUT2D eigenvalue weighted by Crippen LogP contribution is 2.40. The normalized spacial score (nSPS) is 15.3. The quantitative estimate of drug-likeness (QED) is 0.120. The van der Waals surface area contributed by atoms with Gasteiger partial charge in [-0.15, -0.1) is 0 Å². The fraction of sp³-hybridized carbons (Fsp3) is 0.417. The molecule has 5 rings (SSSR count). The molecule has 1 N–H and O–H groups in total. The number of carbonyl (C=O) groups is 1. The van der Waals surface area contributed by atoms with Crippen molar-refractivity contribution < 1.29 is 14.5 Å². The number of aliphatic hydroxyl groups is 1. The van der Waals surface area contributed by atoms with E-state index in [-0.39, 0.29) is 11.5 Å². The predicted octanol–water partition coefficient (Wildman–Crippen LogP) is 12.6. The maximum Gasteiger partial charge on any atom is 0.208 e. The Morgan fingerprint density at radius 1 is 0.692 bits per heavy atom. The Bertz CT molecular complexity index is 1880. The summed E-state index contributed by atoms with van der Waals surface area (Å²) in [7, 11) is 0. The van der Waals surface area contributed by atoms with Crippen molar-refractivity contribution in [3.8, 4) is 0 Å². The van der Waals surface area contributed by atoms with Gasteiger partial charge in [-0.25, -0.2) is 0 Å². The van der Waals surface area contributed by atoms with Crippen molar-refractivity contribution in [2.75, 3.05) is 18.0 Å². The van der Waals surface area contributed by atoms with Crippen LogP contribution in [0.5, 0.6) is 0 Å². The number of Topliss-reactive ketones (excluding diaryl/α,β-unsaturated/α-hetero) is 1. The summed E-state index contributed by atoms with van der Waals surface area (Å²) in [5.74, 6) is 1.16. The minimum atomic E-state index is -0.105. The molecular weight excluding hydrogens is 637 g/mol. The topological polar surface area (TPSA) is 43.5 Å². The average molecular weight is 698 g/mol. The van der Waals surface area contributed by atoms with Crippen molar-refractivity contribution in [1.82, 2.24) is 0 Å². The van der Waals surface area contributed by atoms with Crippen LogP contribution >= 0.6 is 0 Å². The zero-order valence-corrected chi connectivity index (χ0v) is 33.1. The first-order valence-corrected chi connectivity index (χ1v) is 19.9. The molecule has 0 fully saturated rings. The standard InChI is InChI=1S/C48H60N2O2/c1-9-13-15-37(11-3)31-49(43-27-17-33(5)29-35(43)7)41-23-19-39(20-24-41)45-47(51)46(48(45)52)40-21-25-42(26-22-40)50(32-38(12-4)16-14-10-2)44-28-18-34(6)30-36(44)8/h17-30,37-38H,9-16,31-32H2,1-8H3/p+1. The average Bonchev–Trinajstić information content (AvgIpc) is 3.13. The Labute approximate surface area is 314 Å². The molecule has 2 aliphatic carbocycles. The number of aliphatic hydroxyl groups excluding tert-OH is 1. The lowest BCUT2D eigenvalue weighted by Crippen LogP contribution is -2.26. The van der Waals surface area contributed by atoms with E-state index in [0.29, 0.717) is 23.0 Å². The second-order valence-corrected chi connectivity index (χ2v) is 15.2. The molecule has 0 aromatic heterocycles. The molecule has 274 valence electrons. The van der Waals surface area contributed by atoms with Gasteiger partial charge in [-0.3, -0.25) is 4.79 Å². The van der Waals surface area contributed by atoms with Gasteiger partial charge < -0.3 is 10.0 Å². The molecule has 2 atom stereocenters. The van der Waals surface area contributed by atoms with E-state index in [4.69, 9.17) is 0 Å². The van der Waals surface area contributed by atoms with E-state index in [9.17, 15) is 9.90 Å². The third-order valence-corrected chi connectivity index (χ3v) is 11.1. The summed E-state index contributed by atoms with van der Waals surface area (Å²) < 4.78 is 2.44. The summed E-state index contributed by atoms with van der Waals surface area (Å²) in [5, 5.41) is 11.3. The Hall–Kier alpha value is -4.44. The van der Waals surface area contributed by atoms with E-state index < -0.39 is 0 Å². The summed E-state index contributed by atoms with van der Waals surface area (Å²) in [6.07, 6.45) is 17.8. The second-order valence-electron chi connectivity index (χ2n) is 15.2. The van der Waals surface area contributed by atoms with Crippen LogP contribution in [0.2, 0.25) is 0 Å². The summed E-state index contributed by atoms with van der Waals surface area (Å²) in [5.41, 5.74) is 12.0. The number of nitrogens with zero attached hydrogens (tertiary/aromatic N) is 2. The van der Waals surface area contributed by atoms with Crippen molar-refractivity contribution in [3.63, 3.8) is 0 Å². The number of unbranched alkanes of at least 4 members (excludes halogenated alkanes) is 2. The monoisotopic (exact) mass is 697 g/mol. The molecular formula is C48H61N2O2+. The molecule has 0 heterocycles. The first-order valence-electron chi connectivity index (χ1n) is 19.9. The van der Waals surface area contributed by atoms with Crippen molar-refractivity contribution in [1.29, 1.82) is 0 Å². The second kappa shape index (κ2) is 17.9. The maximum absolute atomic E-state index is 13.7. The molecule has 2 aliphatic rings. The van der Waals surface area contributed by atoms with Gasteiger partial charge in [0.1, 0.15) is 5.76 Å². The van der Waals surface area contributed by atoms with Gasteiger partial charge in [0.15, 0.2) is 6.54 Å². The van der Waals surface area contributed by atoms with Crippen LogP contribution in [0.3, 0.4) is 0 Å². The van der Waals surface area contributed by atoms with Gasteiger partial charge in [-0.1, -0.05) is 101 Å². The van der Waals surface area contributed by atoms with Crippen LogP contribution in [-0.4, -0.2) is 34.3 Å². The first-order chi connectivity index (χ1) is 25.1. The van der Waals surface area contributed by atoms with Gasteiger partial charge in [0.2, 0.25) is 17.2 Å². The van der Waals surface area contributed by atoms with Gasteiger partial charge in [0.05, 0.1) is 11.1 Å². The van der Waals surface area contributed by atoms with Gasteiger partial charge in [0, 0.05) is 47.6 Å². The van der Waals surface area contributed by atoms with Crippen LogP contribution in [0.25, 0.3) is 5.57 Å². The molecule has 0 amide bonds. The molecule has 0 saturated heterocycles. The molecule has 2 unspecified atom stereocenters. The Morgan fingerprint density at radius 3 is 1.85 bits per heavy atom. The molecule has 3 aromatic carbocycles. The van der Waals surface area contributed by atoms with E-state index in [1.807, 2.05) is 24.3 Å². The van der Waals surface area contributed by atoms with Crippen molar-refractivity contribution >= 4 is 34.1 Å². The zero-order chi connectivity index (χ0) is 37.4. The lowest BCUT2D eigenvalue weighted by atomic mass is 9.80. The van der Waals surface area contributed by atoms with E-state index >= 15 is 0 Å². The molecule has 0 saturated carbocycles. The van der Waals surface area contributed by atoms with Crippen LogP contribution in [-0.2, 0) is 4.79 Å². The van der Waals surface area contributed by atoms with Gasteiger partial charge >= 0.3 is 0 Å². The van der Waals surface area contributed by atoms with Crippen LogP contribution in [0.1, 0.15) is 107 Å². The fourth-order valence-corrected chi connectivity index (χ4v) is 7.81. The molecule has 4 nitrogen and oxygen atoms in total. The third kappa shape index (κ3) is 8.77. The van der Waals surface area contributed by atoms with E-state index in [2.05, 4.69) is 126 Å². The smallest absolute Gasteiger partial charge is 0.208 e. The summed E-state index contributed by atoms with van der Waals surface area (Å²) in [6.45, 7) is 19.6. The molecule has 3 aromatic rings. The number of aryl methyl sites for hydroxylation is 4. The first kappa shape index (κ1) is 38.8. The Morgan fingerprint density at radius 2 is 1.29 bits per heavy atom. The minimum Gasteiger partial charge on any atom is -0.506 e. The number of ketones is 1. The molecule has 0 aliphatic heterocycles. The number of hydrogen-bond acceptors (Lipinski definition) is 3.